The highest BCUT2D eigenvalue weighted by atomic mass is 16.5. The molecule has 0 aliphatic rings. The van der Waals surface area contributed by atoms with Crippen molar-refractivity contribution >= 4 is 17.7 Å². The Bertz CT molecular complexity index is 793. The molecule has 0 radical (unpaired) electrons. The van der Waals surface area contributed by atoms with Gasteiger partial charge in [0, 0.05) is 19.9 Å². The van der Waals surface area contributed by atoms with Crippen LogP contribution in [0.1, 0.15) is 21.6 Å². The summed E-state index contributed by atoms with van der Waals surface area (Å²) in [5.41, 5.74) is 0.522. The second-order valence-electron chi connectivity index (χ2n) is 5.06. The molecule has 2 rings (SSSR count). The molecule has 1 amide bonds. The maximum absolute atomic E-state index is 12.0. The number of carbonyl (C=O) groups excluding carboxylic acids is 1. The predicted octanol–water partition coefficient (Wildman–Crippen LogP) is 2.45. The van der Waals surface area contributed by atoms with E-state index in [9.17, 15) is 20.0 Å². The van der Waals surface area contributed by atoms with Crippen molar-refractivity contribution in [1.82, 2.24) is 4.57 Å². The molecule has 0 saturated carbocycles. The predicted molar refractivity (Wildman–Crippen MR) is 88.2 cm³/mol. The Labute approximate surface area is 144 Å². The van der Waals surface area contributed by atoms with E-state index in [1.165, 1.54) is 17.9 Å². The van der Waals surface area contributed by atoms with E-state index in [-0.39, 0.29) is 36.7 Å². The van der Waals surface area contributed by atoms with Crippen LogP contribution < -0.4 is 5.32 Å². The summed E-state index contributed by atoms with van der Waals surface area (Å²) in [4.78, 5) is 23.5. The minimum Gasteiger partial charge on any atom is -0.477 e. The average Bonchev–Trinajstić information content (AvgIpc) is 2.96. The summed E-state index contributed by atoms with van der Waals surface area (Å²) in [6, 6.07) is 10.9. The van der Waals surface area contributed by atoms with Crippen LogP contribution in [0.25, 0.3) is 0 Å². The van der Waals surface area contributed by atoms with E-state index in [1.807, 2.05) is 24.3 Å². The van der Waals surface area contributed by atoms with E-state index in [4.69, 9.17) is 9.47 Å². The van der Waals surface area contributed by atoms with Crippen LogP contribution in [0.5, 0.6) is 0 Å². The summed E-state index contributed by atoms with van der Waals surface area (Å²) < 4.78 is 11.3. The molecule has 0 saturated heterocycles. The summed E-state index contributed by atoms with van der Waals surface area (Å²) in [5, 5.41) is 21.0. The van der Waals surface area contributed by atoms with Crippen LogP contribution in [0.3, 0.4) is 0 Å². The van der Waals surface area contributed by atoms with Crippen molar-refractivity contribution in [3.63, 3.8) is 0 Å². The number of ether oxygens (including phenoxy) is 2. The zero-order chi connectivity index (χ0) is 18.2. The van der Waals surface area contributed by atoms with Crippen molar-refractivity contribution in [3.8, 4) is 6.07 Å². The molecule has 130 valence electrons. The number of anilines is 1. The van der Waals surface area contributed by atoms with E-state index >= 15 is 0 Å². The Morgan fingerprint density at radius 1 is 1.32 bits per heavy atom. The van der Waals surface area contributed by atoms with Gasteiger partial charge in [0.05, 0.1) is 17.9 Å². The number of nitriles is 1. The number of carbonyl (C=O) groups is 2. The fraction of sp³-hybridized carbons (Fsp3) is 0.235. The number of hydrogen-bond donors (Lipinski definition) is 2. The highest BCUT2D eigenvalue weighted by molar-refractivity contribution is 5.99. The van der Waals surface area contributed by atoms with E-state index in [0.29, 0.717) is 0 Å². The molecular weight excluding hydrogens is 326 g/mol. The van der Waals surface area contributed by atoms with Crippen LogP contribution in [0.4, 0.5) is 10.5 Å². The van der Waals surface area contributed by atoms with Crippen LogP contribution in [0, 0.1) is 11.3 Å². The number of benzene rings is 1. The van der Waals surface area contributed by atoms with Crippen molar-refractivity contribution in [2.75, 3.05) is 19.0 Å². The first-order chi connectivity index (χ1) is 12.1. The highest BCUT2D eigenvalue weighted by Gasteiger charge is 2.23. The van der Waals surface area contributed by atoms with Crippen molar-refractivity contribution in [3.05, 3.63) is 53.3 Å². The zero-order valence-corrected chi connectivity index (χ0v) is 13.6. The molecule has 0 atom stereocenters. The van der Waals surface area contributed by atoms with Gasteiger partial charge in [0.25, 0.3) is 0 Å². The molecule has 2 aromatic rings. The van der Waals surface area contributed by atoms with Gasteiger partial charge in [0.2, 0.25) is 0 Å². The normalized spacial score (nSPS) is 10.1. The van der Waals surface area contributed by atoms with Gasteiger partial charge < -0.3 is 19.1 Å². The van der Waals surface area contributed by atoms with Gasteiger partial charge in [-0.15, -0.1) is 0 Å². The largest absolute Gasteiger partial charge is 0.477 e. The summed E-state index contributed by atoms with van der Waals surface area (Å²) in [6.07, 6.45) is 0.516. The van der Waals surface area contributed by atoms with Gasteiger partial charge in [-0.2, -0.15) is 5.26 Å². The number of nitrogens with zero attached hydrogens (tertiary/aromatic N) is 2. The first-order valence-corrected chi connectivity index (χ1v) is 7.40. The molecule has 0 unspecified atom stereocenters. The summed E-state index contributed by atoms with van der Waals surface area (Å²) in [6.45, 7) is 0.520. The van der Waals surface area contributed by atoms with Gasteiger partial charge in [-0.3, -0.25) is 5.32 Å². The number of aromatic nitrogens is 1. The smallest absolute Gasteiger partial charge is 0.412 e. The van der Waals surface area contributed by atoms with Crippen LogP contribution in [0.2, 0.25) is 0 Å². The topological polar surface area (TPSA) is 114 Å². The number of carboxylic acid groups (broad SMARTS) is 1. The third-order valence-electron chi connectivity index (χ3n) is 3.38. The molecule has 1 aromatic heterocycles. The fourth-order valence-corrected chi connectivity index (χ4v) is 2.22. The Morgan fingerprint density at radius 2 is 2.04 bits per heavy atom. The Kier molecular flexibility index (Phi) is 6.14. The van der Waals surface area contributed by atoms with Crippen LogP contribution in [-0.2, 0) is 22.6 Å². The van der Waals surface area contributed by atoms with Gasteiger partial charge in [-0.25, -0.2) is 9.59 Å². The average molecular weight is 343 g/mol. The molecule has 8 nitrogen and oxygen atoms in total. The maximum Gasteiger partial charge on any atom is 0.412 e. The molecular formula is C17H17N3O5. The zero-order valence-electron chi connectivity index (χ0n) is 13.6. The summed E-state index contributed by atoms with van der Waals surface area (Å²) in [5.74, 6) is -1.27. The molecule has 1 aromatic carbocycles. The Balaban J connectivity index is 2.16. The monoisotopic (exact) mass is 343 g/mol. The van der Waals surface area contributed by atoms with Gasteiger partial charge in [-0.05, 0) is 5.56 Å². The number of methoxy groups -OCH3 is 1. The standard InChI is InChI=1S/C17H17N3O5/c1-24-8-7-20-10-13(9-18)14(15(20)16(21)22)19-17(23)25-11-12-5-3-2-4-6-12/h2-6,10H,7-8,11H2,1H3,(H,19,23)(H,21,22). The molecule has 0 aliphatic carbocycles. The van der Waals surface area contributed by atoms with Crippen molar-refractivity contribution in [2.24, 2.45) is 0 Å². The van der Waals surface area contributed by atoms with Gasteiger partial charge >= 0.3 is 12.1 Å². The lowest BCUT2D eigenvalue weighted by Crippen LogP contribution is -2.18. The Morgan fingerprint density at radius 3 is 2.64 bits per heavy atom. The molecule has 1 heterocycles. The minimum absolute atomic E-state index is 0.0291. The van der Waals surface area contributed by atoms with E-state index in [2.05, 4.69) is 5.32 Å². The number of amides is 1. The van der Waals surface area contributed by atoms with Gasteiger partial charge in [0.1, 0.15) is 12.7 Å². The Hall–Kier alpha value is -3.31. The lowest BCUT2D eigenvalue weighted by Gasteiger charge is -2.09. The van der Waals surface area contributed by atoms with Crippen molar-refractivity contribution in [1.29, 1.82) is 5.26 Å². The first-order valence-electron chi connectivity index (χ1n) is 7.40. The first kappa shape index (κ1) is 18.0. The molecule has 0 aliphatic heterocycles. The maximum atomic E-state index is 12.0. The highest BCUT2D eigenvalue weighted by Crippen LogP contribution is 2.24. The van der Waals surface area contributed by atoms with Crippen molar-refractivity contribution < 1.29 is 24.2 Å². The van der Waals surface area contributed by atoms with Crippen molar-refractivity contribution in [2.45, 2.75) is 13.2 Å². The summed E-state index contributed by atoms with van der Waals surface area (Å²) in [7, 11) is 1.48. The SMILES string of the molecule is COCCn1cc(C#N)c(NC(=O)OCc2ccccc2)c1C(=O)O. The van der Waals surface area contributed by atoms with Crippen LogP contribution in [0.15, 0.2) is 36.5 Å². The number of nitrogens with one attached hydrogen (secondary N) is 1. The van der Waals surface area contributed by atoms with Crippen LogP contribution in [-0.4, -0.2) is 35.5 Å². The number of carboxylic acids is 1. The second-order valence-corrected chi connectivity index (χ2v) is 5.06. The second kappa shape index (κ2) is 8.52. The number of hydrogen-bond acceptors (Lipinski definition) is 5. The number of rotatable bonds is 7. The van der Waals surface area contributed by atoms with Crippen LogP contribution >= 0.6 is 0 Å². The summed E-state index contributed by atoms with van der Waals surface area (Å²) >= 11 is 0. The molecule has 25 heavy (non-hydrogen) atoms. The fourth-order valence-electron chi connectivity index (χ4n) is 2.22. The molecule has 0 bridgehead atoms. The number of aromatic carboxylic acids is 1. The van der Waals surface area contributed by atoms with E-state index in [1.54, 1.807) is 12.1 Å². The van der Waals surface area contributed by atoms with E-state index < -0.39 is 12.1 Å². The quantitative estimate of drug-likeness (QED) is 0.798. The molecule has 2 N–H and O–H groups in total. The third-order valence-corrected chi connectivity index (χ3v) is 3.38. The lowest BCUT2D eigenvalue weighted by molar-refractivity contribution is 0.0684. The van der Waals surface area contributed by atoms with Gasteiger partial charge in [-0.1, -0.05) is 30.3 Å². The minimum atomic E-state index is -1.27. The lowest BCUT2D eigenvalue weighted by atomic mass is 10.2. The third kappa shape index (κ3) is 4.59. The van der Waals surface area contributed by atoms with E-state index in [0.717, 1.165) is 5.56 Å². The molecule has 8 heteroatoms. The molecule has 0 fully saturated rings. The molecule has 0 spiro atoms. The van der Waals surface area contributed by atoms with Gasteiger partial charge in [0.15, 0.2) is 5.69 Å².